The summed E-state index contributed by atoms with van der Waals surface area (Å²) < 4.78 is 23.0. The Bertz CT molecular complexity index is 1470. The van der Waals surface area contributed by atoms with Crippen LogP contribution in [0.1, 0.15) is 62.6 Å². The number of carbonyl (C=O) groups excluding carboxylic acids is 1. The quantitative estimate of drug-likeness (QED) is 0.331. The van der Waals surface area contributed by atoms with E-state index >= 15 is 4.39 Å². The second kappa shape index (κ2) is 9.36. The van der Waals surface area contributed by atoms with Crippen LogP contribution in [0.5, 0.6) is 0 Å². The number of halogens is 1. The first-order valence-electron chi connectivity index (χ1n) is 13.1. The van der Waals surface area contributed by atoms with Crippen molar-refractivity contribution in [2.75, 3.05) is 6.54 Å². The monoisotopic (exact) mass is 502 g/mol. The Hall–Kier alpha value is -3.61. The van der Waals surface area contributed by atoms with E-state index in [9.17, 15) is 4.79 Å². The normalized spacial score (nSPS) is 13.8. The van der Waals surface area contributed by atoms with E-state index in [0.717, 1.165) is 51.9 Å². The van der Waals surface area contributed by atoms with Crippen molar-refractivity contribution in [1.82, 2.24) is 19.7 Å². The Morgan fingerprint density at radius 1 is 1.16 bits per heavy atom. The zero-order chi connectivity index (χ0) is 26.5. The van der Waals surface area contributed by atoms with E-state index in [2.05, 4.69) is 37.0 Å². The number of benzene rings is 2. The van der Waals surface area contributed by atoms with E-state index in [4.69, 9.17) is 9.84 Å². The Morgan fingerprint density at radius 3 is 2.51 bits per heavy atom. The topological polar surface area (TPSA) is 63.2 Å². The van der Waals surface area contributed by atoms with Gasteiger partial charge in [0.2, 0.25) is 0 Å². The Labute approximate surface area is 217 Å². The van der Waals surface area contributed by atoms with E-state index in [1.54, 1.807) is 17.9 Å². The van der Waals surface area contributed by atoms with E-state index in [1.165, 1.54) is 11.1 Å². The zero-order valence-electron chi connectivity index (χ0n) is 22.5. The van der Waals surface area contributed by atoms with Gasteiger partial charge in [0.05, 0.1) is 29.1 Å². The van der Waals surface area contributed by atoms with Crippen LogP contribution in [-0.4, -0.2) is 37.9 Å². The highest BCUT2D eigenvalue weighted by atomic mass is 19.1. The number of para-hydroxylation sites is 1. The van der Waals surface area contributed by atoms with E-state index < -0.39 is 5.60 Å². The molecule has 1 amide bonds. The molecule has 6 nitrogen and oxygen atoms in total. The van der Waals surface area contributed by atoms with Crippen LogP contribution < -0.4 is 0 Å². The van der Waals surface area contributed by atoms with Crippen molar-refractivity contribution in [3.05, 3.63) is 70.3 Å². The smallest absolute Gasteiger partial charge is 0.410 e. The maximum atomic E-state index is 15.3. The molecule has 4 aromatic rings. The van der Waals surface area contributed by atoms with Crippen molar-refractivity contribution in [2.45, 2.75) is 73.0 Å². The van der Waals surface area contributed by atoms with Crippen LogP contribution in [0.25, 0.3) is 27.8 Å². The fraction of sp³-hybridized carbons (Fsp3) is 0.400. The van der Waals surface area contributed by atoms with Gasteiger partial charge in [-0.3, -0.25) is 0 Å². The molecule has 2 aromatic heterocycles. The molecule has 0 atom stereocenters. The van der Waals surface area contributed by atoms with Crippen LogP contribution in [0.3, 0.4) is 0 Å². The molecule has 2 aromatic carbocycles. The highest BCUT2D eigenvalue weighted by molar-refractivity contribution is 5.97. The third kappa shape index (κ3) is 4.41. The summed E-state index contributed by atoms with van der Waals surface area (Å²) in [6.45, 7) is 12.6. The highest BCUT2D eigenvalue weighted by Gasteiger charge is 2.32. The van der Waals surface area contributed by atoms with Crippen LogP contribution in [0, 0.1) is 12.7 Å². The number of ether oxygens (including phenoxy) is 1. The number of carbonyl (C=O) groups is 1. The van der Waals surface area contributed by atoms with Gasteiger partial charge in [-0.15, -0.1) is 0 Å². The average Bonchev–Trinajstić information content (AvgIpc) is 3.49. The van der Waals surface area contributed by atoms with Crippen LogP contribution in [0.4, 0.5) is 9.18 Å². The number of aromatic amines is 1. The van der Waals surface area contributed by atoms with Gasteiger partial charge >= 0.3 is 6.09 Å². The summed E-state index contributed by atoms with van der Waals surface area (Å²) in [5.41, 5.74) is 7.67. The number of amides is 1. The molecule has 0 saturated carbocycles. The third-order valence-electron chi connectivity index (χ3n) is 7.16. The molecular formula is C30H35FN4O2. The van der Waals surface area contributed by atoms with Gasteiger partial charge in [-0.05, 0) is 63.8 Å². The predicted octanol–water partition coefficient (Wildman–Crippen LogP) is 6.89. The summed E-state index contributed by atoms with van der Waals surface area (Å²) in [4.78, 5) is 18.0. The Morgan fingerprint density at radius 2 is 1.86 bits per heavy atom. The van der Waals surface area contributed by atoms with Crippen LogP contribution >= 0.6 is 0 Å². The predicted molar refractivity (Wildman–Crippen MR) is 145 cm³/mol. The van der Waals surface area contributed by atoms with Crippen LogP contribution in [0.2, 0.25) is 0 Å². The number of nitrogens with zero attached hydrogens (tertiary/aromatic N) is 3. The van der Waals surface area contributed by atoms with E-state index in [1.807, 2.05) is 37.7 Å². The summed E-state index contributed by atoms with van der Waals surface area (Å²) >= 11 is 0. The molecule has 0 fully saturated rings. The van der Waals surface area contributed by atoms with Gasteiger partial charge in [0, 0.05) is 41.2 Å². The van der Waals surface area contributed by atoms with E-state index in [0.29, 0.717) is 25.1 Å². The molecule has 194 valence electrons. The van der Waals surface area contributed by atoms with E-state index in [-0.39, 0.29) is 11.9 Å². The van der Waals surface area contributed by atoms with Crippen molar-refractivity contribution in [2.24, 2.45) is 0 Å². The second-order valence-electron chi connectivity index (χ2n) is 10.8. The number of H-pyrrole nitrogens is 1. The van der Waals surface area contributed by atoms with Gasteiger partial charge in [0.1, 0.15) is 11.4 Å². The number of rotatable bonds is 4. The molecule has 0 saturated heterocycles. The number of fused-ring (bicyclic) bond motifs is 2. The number of aromatic nitrogens is 3. The lowest BCUT2D eigenvalue weighted by atomic mass is 9.96. The minimum Gasteiger partial charge on any atom is -0.444 e. The first-order chi connectivity index (χ1) is 17.6. The molecule has 3 heterocycles. The molecule has 0 bridgehead atoms. The minimum atomic E-state index is -0.585. The first-order valence-corrected chi connectivity index (χ1v) is 13.1. The SMILES string of the molecule is CCc1cccc(CC)c1-n1nc2c(c1-c1cc(F)c(C)c3[nH]ccc13)CN(C(=O)OC(C)(C)C)CC2. The molecule has 5 rings (SSSR count). The van der Waals surface area contributed by atoms with Crippen molar-refractivity contribution in [3.8, 4) is 16.9 Å². The van der Waals surface area contributed by atoms with Gasteiger partial charge in [0.25, 0.3) is 0 Å². The summed E-state index contributed by atoms with van der Waals surface area (Å²) in [5.74, 6) is -0.272. The van der Waals surface area contributed by atoms with Crippen molar-refractivity contribution in [3.63, 3.8) is 0 Å². The first kappa shape index (κ1) is 25.1. The number of nitrogens with one attached hydrogen (secondary N) is 1. The maximum absolute atomic E-state index is 15.3. The van der Waals surface area contributed by atoms with Crippen molar-refractivity contribution < 1.29 is 13.9 Å². The van der Waals surface area contributed by atoms with Gasteiger partial charge < -0.3 is 14.6 Å². The largest absolute Gasteiger partial charge is 0.444 e. The molecular weight excluding hydrogens is 467 g/mol. The lowest BCUT2D eigenvalue weighted by Gasteiger charge is -2.30. The molecule has 0 spiro atoms. The molecule has 1 aliphatic heterocycles. The molecule has 37 heavy (non-hydrogen) atoms. The molecule has 7 heteroatoms. The van der Waals surface area contributed by atoms with Gasteiger partial charge in [-0.25, -0.2) is 13.9 Å². The molecule has 1 N–H and O–H groups in total. The number of aryl methyl sites for hydroxylation is 3. The van der Waals surface area contributed by atoms with Gasteiger partial charge in [-0.2, -0.15) is 5.10 Å². The standard InChI is InChI=1S/C30H35FN4O2/c1-7-19-10-9-11-20(8-2)27(19)35-28(22-16-24(31)18(3)26-21(22)12-14-32-26)23-17-34(15-13-25(23)33-35)29(36)37-30(4,5)6/h9-12,14,16,32H,7-8,13,15,17H2,1-6H3. The summed E-state index contributed by atoms with van der Waals surface area (Å²) in [6, 6.07) is 9.96. The minimum absolute atomic E-state index is 0.272. The molecule has 1 aliphatic rings. The Kier molecular flexibility index (Phi) is 6.34. The third-order valence-corrected chi connectivity index (χ3v) is 7.16. The van der Waals surface area contributed by atoms with Crippen molar-refractivity contribution >= 4 is 17.0 Å². The van der Waals surface area contributed by atoms with Gasteiger partial charge in [0.15, 0.2) is 0 Å². The summed E-state index contributed by atoms with van der Waals surface area (Å²) in [5, 5.41) is 6.07. The second-order valence-corrected chi connectivity index (χ2v) is 10.8. The van der Waals surface area contributed by atoms with Crippen LogP contribution in [-0.2, 0) is 30.5 Å². The fourth-order valence-corrected chi connectivity index (χ4v) is 5.31. The summed E-state index contributed by atoms with van der Waals surface area (Å²) in [6.07, 6.45) is 3.80. The van der Waals surface area contributed by atoms with Crippen LogP contribution in [0.15, 0.2) is 36.5 Å². The summed E-state index contributed by atoms with van der Waals surface area (Å²) in [7, 11) is 0. The molecule has 0 radical (unpaired) electrons. The zero-order valence-corrected chi connectivity index (χ0v) is 22.5. The number of hydrogen-bond donors (Lipinski definition) is 1. The lowest BCUT2D eigenvalue weighted by molar-refractivity contribution is 0.0224. The Balaban J connectivity index is 1.77. The lowest BCUT2D eigenvalue weighted by Crippen LogP contribution is -2.39. The van der Waals surface area contributed by atoms with Crippen molar-refractivity contribution in [1.29, 1.82) is 0 Å². The molecule has 0 unspecified atom stereocenters. The highest BCUT2D eigenvalue weighted by Crippen LogP contribution is 2.39. The number of hydrogen-bond acceptors (Lipinski definition) is 3. The maximum Gasteiger partial charge on any atom is 0.410 e. The fourth-order valence-electron chi connectivity index (χ4n) is 5.31. The van der Waals surface area contributed by atoms with Gasteiger partial charge in [-0.1, -0.05) is 32.0 Å². The average molecular weight is 503 g/mol. The molecule has 0 aliphatic carbocycles.